The molecule has 0 saturated carbocycles. The zero-order valence-corrected chi connectivity index (χ0v) is 12.6. The second-order valence-electron chi connectivity index (χ2n) is 5.79. The molecule has 1 aromatic carbocycles. The summed E-state index contributed by atoms with van der Waals surface area (Å²) in [7, 11) is 0. The van der Waals surface area contributed by atoms with Crippen molar-refractivity contribution in [3.05, 3.63) is 53.4 Å². The minimum Gasteiger partial charge on any atom is -0.233 e. The molecule has 0 N–H and O–H groups in total. The van der Waals surface area contributed by atoms with Crippen molar-refractivity contribution in [1.29, 1.82) is 0 Å². The van der Waals surface area contributed by atoms with E-state index in [1.54, 1.807) is 0 Å². The van der Waals surface area contributed by atoms with Crippen molar-refractivity contribution in [2.45, 2.75) is 40.0 Å². The molecule has 0 unspecified atom stereocenters. The van der Waals surface area contributed by atoms with Gasteiger partial charge in [-0.3, -0.25) is 0 Å². The molecule has 1 aliphatic carbocycles. The van der Waals surface area contributed by atoms with Gasteiger partial charge in [0.1, 0.15) is 0 Å². The standard InChI is InChI=1S/C18H22N2/c1-4-18(5-2)12-15-13-19-20(17(15)11-14(18)3)16-9-7-6-8-10-16/h6-11,13H,4-5,12H2,1-3H3. The molecule has 20 heavy (non-hydrogen) atoms. The third-order valence-corrected chi connectivity index (χ3v) is 4.96. The molecule has 0 fully saturated rings. The molecule has 0 saturated heterocycles. The van der Waals surface area contributed by atoms with Crippen LogP contribution in [0.1, 0.15) is 44.9 Å². The highest BCUT2D eigenvalue weighted by Crippen LogP contribution is 2.43. The Kier molecular flexibility index (Phi) is 3.25. The Morgan fingerprint density at radius 2 is 1.85 bits per heavy atom. The molecule has 2 aromatic rings. The summed E-state index contributed by atoms with van der Waals surface area (Å²) in [4.78, 5) is 0. The SMILES string of the molecule is CCC1(CC)Cc2cnn(-c3ccccc3)c2C=C1C. The van der Waals surface area contributed by atoms with Gasteiger partial charge in [-0.1, -0.05) is 37.6 Å². The molecule has 3 rings (SSSR count). The van der Waals surface area contributed by atoms with Gasteiger partial charge in [-0.25, -0.2) is 4.68 Å². The highest BCUT2D eigenvalue weighted by molar-refractivity contribution is 5.60. The predicted octanol–water partition coefficient (Wildman–Crippen LogP) is 4.64. The van der Waals surface area contributed by atoms with E-state index in [4.69, 9.17) is 0 Å². The predicted molar refractivity (Wildman–Crippen MR) is 83.9 cm³/mol. The lowest BCUT2D eigenvalue weighted by Gasteiger charge is -2.36. The smallest absolute Gasteiger partial charge is 0.0700 e. The van der Waals surface area contributed by atoms with E-state index in [0.29, 0.717) is 5.41 Å². The number of rotatable bonds is 3. The Bertz CT molecular complexity index is 631. The lowest BCUT2D eigenvalue weighted by molar-refractivity contribution is 0.322. The fourth-order valence-electron chi connectivity index (χ4n) is 3.38. The topological polar surface area (TPSA) is 17.8 Å². The lowest BCUT2D eigenvalue weighted by atomic mass is 9.69. The van der Waals surface area contributed by atoms with E-state index in [1.807, 2.05) is 12.3 Å². The van der Waals surface area contributed by atoms with Gasteiger partial charge in [-0.2, -0.15) is 5.10 Å². The van der Waals surface area contributed by atoms with Crippen LogP contribution in [0.25, 0.3) is 11.8 Å². The molecule has 2 heteroatoms. The number of para-hydroxylation sites is 1. The Hall–Kier alpha value is -1.83. The maximum atomic E-state index is 4.61. The van der Waals surface area contributed by atoms with Gasteiger partial charge < -0.3 is 0 Å². The van der Waals surface area contributed by atoms with Gasteiger partial charge in [-0.15, -0.1) is 0 Å². The number of hydrogen-bond acceptors (Lipinski definition) is 1. The van der Waals surface area contributed by atoms with E-state index in [1.165, 1.54) is 29.7 Å². The average molecular weight is 266 g/mol. The molecule has 1 aromatic heterocycles. The molecule has 1 aliphatic rings. The van der Waals surface area contributed by atoms with Crippen LogP contribution in [-0.2, 0) is 6.42 Å². The molecule has 1 heterocycles. The van der Waals surface area contributed by atoms with Crippen molar-refractivity contribution in [3.63, 3.8) is 0 Å². The number of aromatic nitrogens is 2. The second kappa shape index (κ2) is 4.93. The van der Waals surface area contributed by atoms with E-state index < -0.39 is 0 Å². The van der Waals surface area contributed by atoms with Crippen LogP contribution in [0, 0.1) is 5.41 Å². The first-order valence-corrected chi connectivity index (χ1v) is 7.51. The summed E-state index contributed by atoms with van der Waals surface area (Å²) in [6.07, 6.45) is 7.89. The highest BCUT2D eigenvalue weighted by Gasteiger charge is 2.33. The number of fused-ring (bicyclic) bond motifs is 1. The maximum Gasteiger partial charge on any atom is 0.0700 e. The van der Waals surface area contributed by atoms with Crippen molar-refractivity contribution in [1.82, 2.24) is 9.78 Å². The Labute approximate surface area is 121 Å². The molecule has 0 amide bonds. The minimum atomic E-state index is 0.331. The van der Waals surface area contributed by atoms with Crippen LogP contribution in [-0.4, -0.2) is 9.78 Å². The van der Waals surface area contributed by atoms with Crippen LogP contribution in [0.5, 0.6) is 0 Å². The van der Waals surface area contributed by atoms with E-state index in [-0.39, 0.29) is 0 Å². The number of hydrogen-bond donors (Lipinski definition) is 0. The summed E-state index contributed by atoms with van der Waals surface area (Å²) in [5.74, 6) is 0. The van der Waals surface area contributed by atoms with Gasteiger partial charge in [-0.05, 0) is 55.4 Å². The highest BCUT2D eigenvalue weighted by atomic mass is 15.3. The zero-order valence-electron chi connectivity index (χ0n) is 12.6. The Morgan fingerprint density at radius 3 is 2.50 bits per heavy atom. The lowest BCUT2D eigenvalue weighted by Crippen LogP contribution is -2.26. The maximum absolute atomic E-state index is 4.61. The second-order valence-corrected chi connectivity index (χ2v) is 5.79. The van der Waals surface area contributed by atoms with Crippen molar-refractivity contribution >= 4 is 6.08 Å². The molecule has 0 atom stereocenters. The van der Waals surface area contributed by atoms with Crippen molar-refractivity contribution in [3.8, 4) is 5.69 Å². The monoisotopic (exact) mass is 266 g/mol. The summed E-state index contributed by atoms with van der Waals surface area (Å²) < 4.78 is 2.06. The van der Waals surface area contributed by atoms with Gasteiger partial charge in [0.15, 0.2) is 0 Å². The summed E-state index contributed by atoms with van der Waals surface area (Å²) in [6.45, 7) is 6.87. The molecular weight excluding hydrogens is 244 g/mol. The molecule has 2 nitrogen and oxygen atoms in total. The van der Waals surface area contributed by atoms with Crippen molar-refractivity contribution in [2.24, 2.45) is 5.41 Å². The van der Waals surface area contributed by atoms with Crippen LogP contribution >= 0.6 is 0 Å². The van der Waals surface area contributed by atoms with Crippen LogP contribution in [0.2, 0.25) is 0 Å². The van der Waals surface area contributed by atoms with Gasteiger partial charge in [0.25, 0.3) is 0 Å². The van der Waals surface area contributed by atoms with Gasteiger partial charge in [0, 0.05) is 0 Å². The van der Waals surface area contributed by atoms with Crippen molar-refractivity contribution in [2.75, 3.05) is 0 Å². The summed E-state index contributed by atoms with van der Waals surface area (Å²) in [5, 5.41) is 4.61. The average Bonchev–Trinajstić information content (AvgIpc) is 2.89. The quantitative estimate of drug-likeness (QED) is 0.791. The molecule has 0 spiro atoms. The number of allylic oxidation sites excluding steroid dienone is 1. The third kappa shape index (κ3) is 1.91. The molecular formula is C18H22N2. The van der Waals surface area contributed by atoms with E-state index >= 15 is 0 Å². The third-order valence-electron chi connectivity index (χ3n) is 4.96. The fourth-order valence-corrected chi connectivity index (χ4v) is 3.38. The largest absolute Gasteiger partial charge is 0.233 e. The molecule has 0 aliphatic heterocycles. The zero-order chi connectivity index (χ0) is 14.2. The summed E-state index contributed by atoms with van der Waals surface area (Å²) in [6, 6.07) is 10.4. The van der Waals surface area contributed by atoms with Crippen LogP contribution in [0.4, 0.5) is 0 Å². The number of nitrogens with zero attached hydrogens (tertiary/aromatic N) is 2. The first-order chi connectivity index (χ1) is 9.70. The van der Waals surface area contributed by atoms with Crippen LogP contribution in [0.3, 0.4) is 0 Å². The summed E-state index contributed by atoms with van der Waals surface area (Å²) >= 11 is 0. The number of benzene rings is 1. The van der Waals surface area contributed by atoms with Gasteiger partial charge in [0.2, 0.25) is 0 Å². The molecule has 104 valence electrons. The minimum absolute atomic E-state index is 0.331. The van der Waals surface area contributed by atoms with E-state index in [0.717, 1.165) is 12.1 Å². The first-order valence-electron chi connectivity index (χ1n) is 7.51. The van der Waals surface area contributed by atoms with Crippen molar-refractivity contribution < 1.29 is 0 Å². The summed E-state index contributed by atoms with van der Waals surface area (Å²) in [5.41, 5.74) is 5.60. The molecule has 0 radical (unpaired) electrons. The van der Waals surface area contributed by atoms with E-state index in [2.05, 4.69) is 60.9 Å². The van der Waals surface area contributed by atoms with E-state index in [9.17, 15) is 0 Å². The van der Waals surface area contributed by atoms with Gasteiger partial charge in [0.05, 0.1) is 17.6 Å². The Balaban J connectivity index is 2.09. The molecule has 0 bridgehead atoms. The van der Waals surface area contributed by atoms with Crippen LogP contribution in [0.15, 0.2) is 42.1 Å². The van der Waals surface area contributed by atoms with Gasteiger partial charge >= 0.3 is 0 Å². The van der Waals surface area contributed by atoms with Crippen LogP contribution < -0.4 is 0 Å². The fraction of sp³-hybridized carbons (Fsp3) is 0.389. The normalized spacial score (nSPS) is 16.6. The Morgan fingerprint density at radius 1 is 1.15 bits per heavy atom. The first kappa shape index (κ1) is 13.2.